The maximum absolute atomic E-state index is 10.1. The first kappa shape index (κ1) is 6.92. The molecule has 1 atom stereocenters. The monoisotopic (exact) mass is 140 g/mol. The zero-order valence-electron chi connectivity index (χ0n) is 5.40. The van der Waals surface area contributed by atoms with Gasteiger partial charge in [-0.2, -0.15) is 10.2 Å². The lowest BCUT2D eigenvalue weighted by atomic mass is 10.1. The highest BCUT2D eigenvalue weighted by atomic mass is 16.4. The highest BCUT2D eigenvalue weighted by Crippen LogP contribution is 2.09. The summed E-state index contributed by atoms with van der Waals surface area (Å²) in [7, 11) is 0. The molecule has 1 aliphatic heterocycles. The number of aliphatic carboxylic acids is 1. The molecule has 0 aliphatic carbocycles. The van der Waals surface area contributed by atoms with Crippen LogP contribution in [-0.2, 0) is 4.79 Å². The highest BCUT2D eigenvalue weighted by Gasteiger charge is 2.11. The summed E-state index contributed by atoms with van der Waals surface area (Å²) < 4.78 is 0. The van der Waals surface area contributed by atoms with Crippen LogP contribution in [0.5, 0.6) is 0 Å². The Balaban J connectivity index is 2.37. The van der Waals surface area contributed by atoms with Gasteiger partial charge < -0.3 is 5.11 Å². The molecule has 0 spiro atoms. The molecule has 54 valence electrons. The largest absolute Gasteiger partial charge is 0.481 e. The van der Waals surface area contributed by atoms with Gasteiger partial charge in [-0.15, -0.1) is 0 Å². The van der Waals surface area contributed by atoms with E-state index >= 15 is 0 Å². The third-order valence-corrected chi connectivity index (χ3v) is 1.22. The van der Waals surface area contributed by atoms with Gasteiger partial charge in [0, 0.05) is 6.20 Å². The number of rotatable bonds is 2. The Labute approximate surface area is 58.3 Å². The predicted molar refractivity (Wildman–Crippen MR) is 34.7 cm³/mol. The van der Waals surface area contributed by atoms with E-state index in [9.17, 15) is 4.79 Å². The number of azo groups is 1. The zero-order chi connectivity index (χ0) is 7.40. The van der Waals surface area contributed by atoms with Gasteiger partial charge in [-0.25, -0.2) is 0 Å². The maximum Gasteiger partial charge on any atom is 0.305 e. The number of nitrogens with zero attached hydrogens (tertiary/aromatic N) is 2. The van der Waals surface area contributed by atoms with Gasteiger partial charge in [0.2, 0.25) is 0 Å². The summed E-state index contributed by atoms with van der Waals surface area (Å²) in [4.78, 5) is 10.1. The number of carboxylic acids is 1. The molecule has 0 saturated heterocycles. The molecule has 1 aliphatic rings. The predicted octanol–water partition coefficient (Wildman–Crippen LogP) is 1.20. The van der Waals surface area contributed by atoms with Crippen LogP contribution in [0.4, 0.5) is 0 Å². The smallest absolute Gasteiger partial charge is 0.305 e. The van der Waals surface area contributed by atoms with Crippen molar-refractivity contribution in [2.75, 3.05) is 0 Å². The molecule has 0 saturated carbocycles. The molecule has 0 aromatic rings. The standard InChI is InChI=1S/C6H8N2O2/c9-6(10)4-5-2-1-3-7-8-5/h1,3,5H,2,4H2,(H,9,10). The molecule has 4 heteroatoms. The first-order valence-corrected chi connectivity index (χ1v) is 3.06. The Kier molecular flexibility index (Phi) is 2.15. The second kappa shape index (κ2) is 3.10. The summed E-state index contributed by atoms with van der Waals surface area (Å²) >= 11 is 0. The molecule has 10 heavy (non-hydrogen) atoms. The molecule has 1 N–H and O–H groups in total. The van der Waals surface area contributed by atoms with Crippen molar-refractivity contribution < 1.29 is 9.90 Å². The van der Waals surface area contributed by atoms with E-state index in [4.69, 9.17) is 5.11 Å². The summed E-state index contributed by atoms with van der Waals surface area (Å²) in [6, 6.07) is -0.150. The Morgan fingerprint density at radius 2 is 2.60 bits per heavy atom. The van der Waals surface area contributed by atoms with Crippen LogP contribution in [0.15, 0.2) is 22.5 Å². The summed E-state index contributed by atoms with van der Waals surface area (Å²) in [6.45, 7) is 0. The van der Waals surface area contributed by atoms with Crippen molar-refractivity contribution >= 4 is 5.97 Å². The molecule has 0 aromatic heterocycles. The van der Waals surface area contributed by atoms with Crippen molar-refractivity contribution in [1.29, 1.82) is 0 Å². The van der Waals surface area contributed by atoms with Crippen molar-refractivity contribution in [1.82, 2.24) is 0 Å². The van der Waals surface area contributed by atoms with Crippen molar-refractivity contribution in [3.63, 3.8) is 0 Å². The fourth-order valence-electron chi connectivity index (χ4n) is 0.771. The molecule has 0 aromatic carbocycles. The summed E-state index contributed by atoms with van der Waals surface area (Å²) in [5.74, 6) is -0.820. The molecule has 1 heterocycles. The van der Waals surface area contributed by atoms with Crippen LogP contribution in [0.25, 0.3) is 0 Å². The third kappa shape index (κ3) is 1.97. The SMILES string of the molecule is O=C(O)CC1CC=CN=N1. The molecule has 1 unspecified atom stereocenters. The van der Waals surface area contributed by atoms with Gasteiger partial charge in [0.1, 0.15) is 0 Å². The maximum atomic E-state index is 10.1. The minimum atomic E-state index is -0.820. The summed E-state index contributed by atoms with van der Waals surface area (Å²) in [5.41, 5.74) is 0. The zero-order valence-corrected chi connectivity index (χ0v) is 5.40. The van der Waals surface area contributed by atoms with Crippen LogP contribution in [0.1, 0.15) is 12.8 Å². The van der Waals surface area contributed by atoms with Crippen molar-refractivity contribution in [3.8, 4) is 0 Å². The number of carbonyl (C=O) groups is 1. The Hall–Kier alpha value is -1.19. The van der Waals surface area contributed by atoms with Gasteiger partial charge >= 0.3 is 5.97 Å². The van der Waals surface area contributed by atoms with Gasteiger partial charge in [-0.1, -0.05) is 6.08 Å². The molecule has 0 bridgehead atoms. The lowest BCUT2D eigenvalue weighted by Crippen LogP contribution is -2.10. The van der Waals surface area contributed by atoms with Crippen LogP contribution in [0.3, 0.4) is 0 Å². The van der Waals surface area contributed by atoms with Crippen LogP contribution in [-0.4, -0.2) is 17.1 Å². The Morgan fingerprint density at radius 1 is 1.80 bits per heavy atom. The lowest BCUT2D eigenvalue weighted by Gasteiger charge is -2.06. The molecule has 0 radical (unpaired) electrons. The van der Waals surface area contributed by atoms with E-state index in [1.165, 1.54) is 0 Å². The van der Waals surface area contributed by atoms with E-state index in [0.29, 0.717) is 6.42 Å². The number of carboxylic acid groups (broad SMARTS) is 1. The van der Waals surface area contributed by atoms with Crippen LogP contribution in [0.2, 0.25) is 0 Å². The number of hydrogen-bond donors (Lipinski definition) is 1. The quantitative estimate of drug-likeness (QED) is 0.626. The average Bonchev–Trinajstić information content (AvgIpc) is 1.88. The highest BCUT2D eigenvalue weighted by molar-refractivity contribution is 5.67. The van der Waals surface area contributed by atoms with Gasteiger partial charge in [-0.05, 0) is 6.42 Å². The third-order valence-electron chi connectivity index (χ3n) is 1.22. The van der Waals surface area contributed by atoms with E-state index in [1.54, 1.807) is 6.20 Å². The average molecular weight is 140 g/mol. The van der Waals surface area contributed by atoms with E-state index in [2.05, 4.69) is 10.2 Å². The molecular weight excluding hydrogens is 132 g/mol. The topological polar surface area (TPSA) is 62.0 Å². The van der Waals surface area contributed by atoms with Crippen LogP contribution < -0.4 is 0 Å². The van der Waals surface area contributed by atoms with Crippen molar-refractivity contribution in [3.05, 3.63) is 12.3 Å². The molecule has 0 amide bonds. The van der Waals surface area contributed by atoms with Crippen LogP contribution in [0, 0.1) is 0 Å². The van der Waals surface area contributed by atoms with E-state index in [0.717, 1.165) is 0 Å². The Morgan fingerprint density at radius 3 is 3.10 bits per heavy atom. The van der Waals surface area contributed by atoms with Gasteiger partial charge in [0.15, 0.2) is 0 Å². The minimum absolute atomic E-state index is 0.0772. The van der Waals surface area contributed by atoms with Gasteiger partial charge in [0.05, 0.1) is 12.5 Å². The van der Waals surface area contributed by atoms with Crippen molar-refractivity contribution in [2.45, 2.75) is 18.9 Å². The van der Waals surface area contributed by atoms with Gasteiger partial charge in [-0.3, -0.25) is 4.79 Å². The fourth-order valence-corrected chi connectivity index (χ4v) is 0.771. The van der Waals surface area contributed by atoms with E-state index < -0.39 is 5.97 Å². The first-order chi connectivity index (χ1) is 4.79. The van der Waals surface area contributed by atoms with E-state index in [1.807, 2.05) is 6.08 Å². The molecule has 1 rings (SSSR count). The second-order valence-corrected chi connectivity index (χ2v) is 2.10. The molecule has 0 fully saturated rings. The second-order valence-electron chi connectivity index (χ2n) is 2.10. The summed E-state index contributed by atoms with van der Waals surface area (Å²) in [5, 5.41) is 15.7. The van der Waals surface area contributed by atoms with E-state index in [-0.39, 0.29) is 12.5 Å². The minimum Gasteiger partial charge on any atom is -0.481 e. The van der Waals surface area contributed by atoms with Crippen molar-refractivity contribution in [2.24, 2.45) is 10.2 Å². The molecule has 4 nitrogen and oxygen atoms in total. The number of hydrogen-bond acceptors (Lipinski definition) is 3. The lowest BCUT2D eigenvalue weighted by molar-refractivity contribution is -0.137. The Bertz CT molecular complexity index is 186. The first-order valence-electron chi connectivity index (χ1n) is 3.06. The fraction of sp³-hybridized carbons (Fsp3) is 0.500. The summed E-state index contributed by atoms with van der Waals surface area (Å²) in [6.07, 6.45) is 4.17. The van der Waals surface area contributed by atoms with Crippen LogP contribution >= 0.6 is 0 Å². The molecular formula is C6H8N2O2. The van der Waals surface area contributed by atoms with Gasteiger partial charge in [0.25, 0.3) is 0 Å². The normalized spacial score (nSPS) is 23.0.